The standard InChI is InChI=1S/C42H56N8O7/c43-38(54)33-15-7-8-22-46-40(56)34(25-28-16-18-30(19-17-28)37(53)29-12-5-2-6-13-29)50-41(57)35(24-27-10-3-1-4-11-27)49-39(55)31(14-9-23-47-42(44)45)26-32(51)20-21-36(52)48-33/h2,5-6,12-13,16-21,27,31,33-35H,1,3-4,7-11,14-15,22-26H2,(H2,43,54)(H,46,56)(H,48,52)(H,49,55)(H,50,57)(H4,44,45,47)/t31-,33?,34?,35+/m1/s1. The molecular weight excluding hydrogens is 729 g/mol. The normalized spacial score (nSPS) is 22.3. The molecule has 1 aliphatic carbocycles. The number of hydrogen-bond donors (Lipinski definition) is 7. The number of nitrogens with one attached hydrogen (secondary N) is 4. The average Bonchev–Trinajstić information content (AvgIpc) is 3.20. The number of allylic oxidation sites excluding steroid dienone is 1. The van der Waals surface area contributed by atoms with E-state index in [1.807, 2.05) is 6.07 Å². The van der Waals surface area contributed by atoms with Gasteiger partial charge in [-0.3, -0.25) is 38.6 Å². The van der Waals surface area contributed by atoms with Gasteiger partial charge in [-0.05, 0) is 56.1 Å². The van der Waals surface area contributed by atoms with Gasteiger partial charge in [-0.2, -0.15) is 0 Å². The summed E-state index contributed by atoms with van der Waals surface area (Å²) < 4.78 is 0. The molecule has 5 amide bonds. The third-order valence-electron chi connectivity index (χ3n) is 10.4. The van der Waals surface area contributed by atoms with Crippen molar-refractivity contribution in [1.29, 1.82) is 0 Å². The molecule has 10 N–H and O–H groups in total. The summed E-state index contributed by atoms with van der Waals surface area (Å²) in [5.41, 5.74) is 18.2. The number of hydrogen-bond acceptors (Lipinski definition) is 8. The first-order valence-corrected chi connectivity index (χ1v) is 19.8. The number of aliphatic imine (C=N–C) groups is 1. The van der Waals surface area contributed by atoms with E-state index in [0.717, 1.165) is 44.3 Å². The Labute approximate surface area is 333 Å². The first kappa shape index (κ1) is 43.9. The molecule has 2 aromatic carbocycles. The van der Waals surface area contributed by atoms with Crippen LogP contribution in [0.2, 0.25) is 0 Å². The largest absolute Gasteiger partial charge is 0.370 e. The van der Waals surface area contributed by atoms with Crippen molar-refractivity contribution < 1.29 is 33.6 Å². The Hall–Kier alpha value is -5.86. The van der Waals surface area contributed by atoms with Gasteiger partial charge in [0.1, 0.15) is 18.1 Å². The predicted molar refractivity (Wildman–Crippen MR) is 215 cm³/mol. The van der Waals surface area contributed by atoms with E-state index in [1.54, 1.807) is 48.5 Å². The van der Waals surface area contributed by atoms with Crippen LogP contribution >= 0.6 is 0 Å². The zero-order chi connectivity index (χ0) is 41.2. The highest BCUT2D eigenvalue weighted by Crippen LogP contribution is 2.28. The van der Waals surface area contributed by atoms with E-state index in [4.69, 9.17) is 17.2 Å². The van der Waals surface area contributed by atoms with Crippen LogP contribution in [-0.4, -0.2) is 78.3 Å². The Morgan fingerprint density at radius 2 is 1.37 bits per heavy atom. The van der Waals surface area contributed by atoms with Crippen molar-refractivity contribution in [1.82, 2.24) is 21.3 Å². The molecule has 0 bridgehead atoms. The van der Waals surface area contributed by atoms with Crippen LogP contribution < -0.4 is 38.5 Å². The molecule has 1 aliphatic heterocycles. The second-order valence-electron chi connectivity index (χ2n) is 14.9. The van der Waals surface area contributed by atoms with Crippen LogP contribution in [0, 0.1) is 11.8 Å². The summed E-state index contributed by atoms with van der Waals surface area (Å²) in [5, 5.41) is 11.2. The van der Waals surface area contributed by atoms with Crippen LogP contribution in [0.1, 0.15) is 98.5 Å². The van der Waals surface area contributed by atoms with Crippen molar-refractivity contribution in [2.24, 2.45) is 34.0 Å². The fourth-order valence-electron chi connectivity index (χ4n) is 7.21. The molecule has 0 spiro atoms. The molecule has 15 heteroatoms. The lowest BCUT2D eigenvalue weighted by molar-refractivity contribution is -0.134. The number of ketones is 2. The van der Waals surface area contributed by atoms with Crippen LogP contribution in [0.4, 0.5) is 0 Å². The second kappa shape index (κ2) is 22.6. The van der Waals surface area contributed by atoms with Gasteiger partial charge >= 0.3 is 0 Å². The number of guanidine groups is 1. The van der Waals surface area contributed by atoms with Gasteiger partial charge in [0.2, 0.25) is 29.5 Å². The minimum absolute atomic E-state index is 0.0888. The summed E-state index contributed by atoms with van der Waals surface area (Å²) in [5.74, 6) is -4.51. The van der Waals surface area contributed by atoms with Crippen molar-refractivity contribution in [3.63, 3.8) is 0 Å². The van der Waals surface area contributed by atoms with Crippen LogP contribution in [0.3, 0.4) is 0 Å². The van der Waals surface area contributed by atoms with Crippen molar-refractivity contribution in [3.05, 3.63) is 83.4 Å². The highest BCUT2D eigenvalue weighted by Gasteiger charge is 2.32. The molecule has 2 unspecified atom stereocenters. The van der Waals surface area contributed by atoms with Gasteiger partial charge in [-0.15, -0.1) is 0 Å². The fourth-order valence-corrected chi connectivity index (χ4v) is 7.21. The molecule has 306 valence electrons. The zero-order valence-electron chi connectivity index (χ0n) is 32.4. The van der Waals surface area contributed by atoms with Crippen LogP contribution in [0.25, 0.3) is 0 Å². The SMILES string of the molecule is NC(=O)C1CCCCNC(=O)C(Cc2ccc(C(=O)c3ccccc3)cc2)NC(=O)[C@H](CC2CCCCC2)NC(=O)[C@H](CCCN=C(N)N)CC(=O)C=CC(=O)N1. The molecule has 0 radical (unpaired) electrons. The number of benzene rings is 2. The maximum absolute atomic E-state index is 14.2. The van der Waals surface area contributed by atoms with E-state index in [-0.39, 0.29) is 56.4 Å². The number of nitrogens with two attached hydrogens (primary N) is 3. The number of primary amides is 1. The Kier molecular flexibility index (Phi) is 17.4. The summed E-state index contributed by atoms with van der Waals surface area (Å²) in [6.07, 6.45) is 8.68. The molecule has 0 saturated heterocycles. The quantitative estimate of drug-likeness (QED) is 0.0758. The Morgan fingerprint density at radius 1 is 0.702 bits per heavy atom. The fraction of sp³-hybridized carbons (Fsp3) is 0.476. The maximum Gasteiger partial charge on any atom is 0.244 e. The van der Waals surface area contributed by atoms with Crippen molar-refractivity contribution in [2.75, 3.05) is 13.1 Å². The molecule has 2 aromatic rings. The lowest BCUT2D eigenvalue weighted by Crippen LogP contribution is -2.55. The number of amides is 5. The lowest BCUT2D eigenvalue weighted by atomic mass is 9.84. The van der Waals surface area contributed by atoms with Gasteiger partial charge in [0.15, 0.2) is 17.5 Å². The Balaban J connectivity index is 1.62. The smallest absolute Gasteiger partial charge is 0.244 e. The topological polar surface area (TPSA) is 258 Å². The number of nitrogens with zero attached hydrogens (tertiary/aromatic N) is 1. The van der Waals surface area contributed by atoms with Crippen molar-refractivity contribution >= 4 is 47.1 Å². The zero-order valence-corrected chi connectivity index (χ0v) is 32.4. The molecule has 15 nitrogen and oxygen atoms in total. The third-order valence-corrected chi connectivity index (χ3v) is 10.4. The van der Waals surface area contributed by atoms with Crippen molar-refractivity contribution in [3.8, 4) is 0 Å². The monoisotopic (exact) mass is 784 g/mol. The highest BCUT2D eigenvalue weighted by atomic mass is 16.2. The van der Waals surface area contributed by atoms with E-state index >= 15 is 0 Å². The number of carbonyl (C=O) groups is 7. The van der Waals surface area contributed by atoms with Gasteiger partial charge in [0, 0.05) is 49.1 Å². The summed E-state index contributed by atoms with van der Waals surface area (Å²) in [7, 11) is 0. The van der Waals surface area contributed by atoms with Gasteiger partial charge < -0.3 is 38.5 Å². The van der Waals surface area contributed by atoms with E-state index in [0.29, 0.717) is 42.4 Å². The van der Waals surface area contributed by atoms with E-state index in [9.17, 15) is 33.6 Å². The first-order valence-electron chi connectivity index (χ1n) is 19.8. The van der Waals surface area contributed by atoms with E-state index in [2.05, 4.69) is 26.3 Å². The summed E-state index contributed by atoms with van der Waals surface area (Å²) >= 11 is 0. The summed E-state index contributed by atoms with van der Waals surface area (Å²) in [6.45, 7) is 0.407. The van der Waals surface area contributed by atoms with E-state index in [1.165, 1.54) is 0 Å². The van der Waals surface area contributed by atoms with Gasteiger partial charge in [0.25, 0.3) is 0 Å². The Morgan fingerprint density at radius 3 is 2.05 bits per heavy atom. The molecule has 1 heterocycles. The number of carbonyl (C=O) groups excluding carboxylic acids is 7. The minimum atomic E-state index is -1.05. The first-order chi connectivity index (χ1) is 27.4. The predicted octanol–water partition coefficient (Wildman–Crippen LogP) is 1.86. The lowest BCUT2D eigenvalue weighted by Gasteiger charge is -2.29. The van der Waals surface area contributed by atoms with E-state index < -0.39 is 59.4 Å². The molecule has 1 saturated carbocycles. The van der Waals surface area contributed by atoms with Crippen LogP contribution in [0.5, 0.6) is 0 Å². The highest BCUT2D eigenvalue weighted by molar-refractivity contribution is 6.09. The Bertz CT molecular complexity index is 1770. The van der Waals surface area contributed by atoms with Gasteiger partial charge in [-0.1, -0.05) is 86.7 Å². The average molecular weight is 785 g/mol. The third kappa shape index (κ3) is 15.0. The van der Waals surface area contributed by atoms with Gasteiger partial charge in [0.05, 0.1) is 0 Å². The summed E-state index contributed by atoms with van der Waals surface area (Å²) in [6, 6.07) is 12.6. The molecule has 4 atom stereocenters. The molecular formula is C42H56N8O7. The molecule has 2 aliphatic rings. The van der Waals surface area contributed by atoms with Crippen LogP contribution in [-0.2, 0) is 35.2 Å². The minimum Gasteiger partial charge on any atom is -0.370 e. The molecule has 1 fully saturated rings. The van der Waals surface area contributed by atoms with Gasteiger partial charge in [-0.25, -0.2) is 0 Å². The van der Waals surface area contributed by atoms with Crippen molar-refractivity contribution in [2.45, 2.75) is 102 Å². The molecule has 57 heavy (non-hydrogen) atoms. The molecule has 0 aromatic heterocycles. The molecule has 4 rings (SSSR count). The van der Waals surface area contributed by atoms with Crippen LogP contribution in [0.15, 0.2) is 71.7 Å². The second-order valence-corrected chi connectivity index (χ2v) is 14.9. The maximum atomic E-state index is 14.2. The summed E-state index contributed by atoms with van der Waals surface area (Å²) in [4.78, 5) is 96.9. The number of rotatable bonds is 11.